The van der Waals surface area contributed by atoms with E-state index in [1.165, 1.54) is 0 Å². The third-order valence-electron chi connectivity index (χ3n) is 3.92. The minimum atomic E-state index is 0.203. The van der Waals surface area contributed by atoms with Crippen LogP contribution in [0.4, 0.5) is 5.69 Å². The van der Waals surface area contributed by atoms with Crippen LogP contribution < -0.4 is 4.90 Å². The summed E-state index contributed by atoms with van der Waals surface area (Å²) < 4.78 is 0. The molecular weight excluding hydrogens is 306 g/mol. The number of nitrogens with zero attached hydrogens (tertiary/aromatic N) is 3. The monoisotopic (exact) mass is 321 g/mol. The van der Waals surface area contributed by atoms with Gasteiger partial charge in [0.05, 0.1) is 11.4 Å². The molecule has 1 aromatic carbocycles. The molecule has 4 rings (SSSR count). The number of hydrogen-bond donors (Lipinski definition) is 0. The van der Waals surface area contributed by atoms with Crippen LogP contribution >= 0.6 is 11.3 Å². The van der Waals surface area contributed by atoms with Gasteiger partial charge in [0, 0.05) is 35.8 Å². The maximum absolute atomic E-state index is 11.9. The molecule has 0 saturated carbocycles. The molecule has 4 nitrogen and oxygen atoms in total. The first-order valence-electron chi connectivity index (χ1n) is 7.59. The number of pyridine rings is 1. The van der Waals surface area contributed by atoms with Gasteiger partial charge >= 0.3 is 0 Å². The zero-order valence-corrected chi connectivity index (χ0v) is 13.3. The smallest absolute Gasteiger partial charge is 0.227 e. The lowest BCUT2D eigenvalue weighted by molar-refractivity contribution is -0.117. The van der Waals surface area contributed by atoms with Crippen molar-refractivity contribution in [2.75, 3.05) is 11.4 Å². The molecule has 114 valence electrons. The van der Waals surface area contributed by atoms with Crippen molar-refractivity contribution in [3.8, 4) is 22.0 Å². The van der Waals surface area contributed by atoms with E-state index in [-0.39, 0.29) is 5.91 Å². The highest BCUT2D eigenvalue weighted by atomic mass is 32.1. The van der Waals surface area contributed by atoms with Crippen LogP contribution in [0.2, 0.25) is 0 Å². The van der Waals surface area contributed by atoms with Gasteiger partial charge in [-0.3, -0.25) is 9.78 Å². The average molecular weight is 321 g/mol. The van der Waals surface area contributed by atoms with Gasteiger partial charge in [0.1, 0.15) is 5.01 Å². The summed E-state index contributed by atoms with van der Waals surface area (Å²) in [6, 6.07) is 13.9. The fourth-order valence-electron chi connectivity index (χ4n) is 2.77. The van der Waals surface area contributed by atoms with Crippen molar-refractivity contribution in [2.24, 2.45) is 0 Å². The summed E-state index contributed by atoms with van der Waals surface area (Å²) >= 11 is 1.58. The normalized spacial score (nSPS) is 14.4. The van der Waals surface area contributed by atoms with Gasteiger partial charge in [-0.1, -0.05) is 18.2 Å². The Morgan fingerprint density at radius 2 is 2.04 bits per heavy atom. The molecular formula is C18H15N3OS. The third-order valence-corrected chi connectivity index (χ3v) is 4.78. The fraction of sp³-hybridized carbons (Fsp3) is 0.167. The van der Waals surface area contributed by atoms with Crippen LogP contribution in [0, 0.1) is 0 Å². The van der Waals surface area contributed by atoms with Crippen molar-refractivity contribution in [1.82, 2.24) is 9.97 Å². The second kappa shape index (κ2) is 5.93. The molecule has 1 saturated heterocycles. The number of hydrogen-bond acceptors (Lipinski definition) is 4. The molecule has 23 heavy (non-hydrogen) atoms. The fourth-order valence-corrected chi connectivity index (χ4v) is 3.57. The number of anilines is 1. The van der Waals surface area contributed by atoms with E-state index >= 15 is 0 Å². The van der Waals surface area contributed by atoms with E-state index in [0.717, 1.165) is 40.6 Å². The Hall–Kier alpha value is -2.53. The Morgan fingerprint density at radius 3 is 2.83 bits per heavy atom. The Kier molecular flexibility index (Phi) is 3.63. The third kappa shape index (κ3) is 2.75. The molecule has 3 aromatic rings. The number of amides is 1. The second-order valence-corrected chi connectivity index (χ2v) is 6.31. The van der Waals surface area contributed by atoms with Crippen LogP contribution in [0.5, 0.6) is 0 Å². The van der Waals surface area contributed by atoms with Crippen LogP contribution in [0.15, 0.2) is 54.0 Å². The van der Waals surface area contributed by atoms with E-state index in [4.69, 9.17) is 4.98 Å². The van der Waals surface area contributed by atoms with Gasteiger partial charge in [-0.05, 0) is 30.7 Å². The highest BCUT2D eigenvalue weighted by Gasteiger charge is 2.22. The number of carbonyl (C=O) groups is 1. The molecule has 1 aliphatic heterocycles. The number of aromatic nitrogens is 2. The van der Waals surface area contributed by atoms with Crippen molar-refractivity contribution in [3.05, 3.63) is 54.0 Å². The molecule has 0 aliphatic carbocycles. The SMILES string of the molecule is O=C1CCCN1c1cccc(-c2csc(-c3ccccn3)n2)c1. The maximum Gasteiger partial charge on any atom is 0.227 e. The molecule has 1 fully saturated rings. The Bertz CT molecular complexity index is 844. The molecule has 5 heteroatoms. The van der Waals surface area contributed by atoms with E-state index < -0.39 is 0 Å². The predicted octanol–water partition coefficient (Wildman–Crippen LogP) is 4.00. The van der Waals surface area contributed by atoms with E-state index in [1.807, 2.05) is 52.7 Å². The summed E-state index contributed by atoms with van der Waals surface area (Å²) in [5, 5.41) is 2.94. The highest BCUT2D eigenvalue weighted by Crippen LogP contribution is 2.30. The van der Waals surface area contributed by atoms with Crippen molar-refractivity contribution < 1.29 is 4.79 Å². The molecule has 0 N–H and O–H groups in total. The molecule has 0 unspecified atom stereocenters. The highest BCUT2D eigenvalue weighted by molar-refractivity contribution is 7.13. The zero-order valence-electron chi connectivity index (χ0n) is 12.5. The van der Waals surface area contributed by atoms with Crippen LogP contribution in [-0.2, 0) is 4.79 Å². The zero-order chi connectivity index (χ0) is 15.6. The van der Waals surface area contributed by atoms with E-state index in [9.17, 15) is 4.79 Å². The summed E-state index contributed by atoms with van der Waals surface area (Å²) in [4.78, 5) is 22.8. The topological polar surface area (TPSA) is 46.1 Å². The first-order valence-corrected chi connectivity index (χ1v) is 8.47. The molecule has 1 amide bonds. The van der Waals surface area contributed by atoms with Gasteiger partial charge in [-0.25, -0.2) is 4.98 Å². The average Bonchev–Trinajstić information content (AvgIpc) is 3.25. The molecule has 3 heterocycles. The first-order chi connectivity index (χ1) is 11.3. The minimum Gasteiger partial charge on any atom is -0.312 e. The summed E-state index contributed by atoms with van der Waals surface area (Å²) in [5.41, 5.74) is 3.79. The molecule has 2 aromatic heterocycles. The number of carbonyl (C=O) groups excluding carboxylic acids is 1. The lowest BCUT2D eigenvalue weighted by atomic mass is 10.1. The van der Waals surface area contributed by atoms with E-state index in [1.54, 1.807) is 17.5 Å². The quantitative estimate of drug-likeness (QED) is 0.732. The first kappa shape index (κ1) is 14.1. The summed E-state index contributed by atoms with van der Waals surface area (Å²) in [6.07, 6.45) is 3.35. The van der Waals surface area contributed by atoms with Gasteiger partial charge in [0.2, 0.25) is 5.91 Å². The number of rotatable bonds is 3. The minimum absolute atomic E-state index is 0.203. The van der Waals surface area contributed by atoms with Crippen LogP contribution in [0.25, 0.3) is 22.0 Å². The Morgan fingerprint density at radius 1 is 1.09 bits per heavy atom. The second-order valence-electron chi connectivity index (χ2n) is 5.45. The van der Waals surface area contributed by atoms with Crippen molar-refractivity contribution in [3.63, 3.8) is 0 Å². The van der Waals surface area contributed by atoms with E-state index in [0.29, 0.717) is 6.42 Å². The summed E-state index contributed by atoms with van der Waals surface area (Å²) in [5.74, 6) is 0.203. The van der Waals surface area contributed by atoms with Gasteiger partial charge in [0.15, 0.2) is 0 Å². The number of benzene rings is 1. The molecule has 1 aliphatic rings. The lowest BCUT2D eigenvalue weighted by Crippen LogP contribution is -2.23. The molecule has 0 atom stereocenters. The summed E-state index contributed by atoms with van der Waals surface area (Å²) in [7, 11) is 0. The Balaban J connectivity index is 1.66. The van der Waals surface area contributed by atoms with Crippen molar-refractivity contribution >= 4 is 22.9 Å². The molecule has 0 bridgehead atoms. The number of thiazole rings is 1. The van der Waals surface area contributed by atoms with Gasteiger partial charge in [-0.2, -0.15) is 0 Å². The van der Waals surface area contributed by atoms with E-state index in [2.05, 4.69) is 4.98 Å². The summed E-state index contributed by atoms with van der Waals surface area (Å²) in [6.45, 7) is 0.804. The van der Waals surface area contributed by atoms with Crippen LogP contribution in [0.3, 0.4) is 0 Å². The lowest BCUT2D eigenvalue weighted by Gasteiger charge is -2.16. The van der Waals surface area contributed by atoms with Crippen molar-refractivity contribution in [2.45, 2.75) is 12.8 Å². The molecule has 0 radical (unpaired) electrons. The largest absolute Gasteiger partial charge is 0.312 e. The van der Waals surface area contributed by atoms with Gasteiger partial charge in [0.25, 0.3) is 0 Å². The Labute approximate surface area is 138 Å². The standard InChI is InChI=1S/C18H15N3OS/c22-17-8-4-10-21(17)14-6-3-5-13(11-14)16-12-23-18(20-16)15-7-1-2-9-19-15/h1-3,5-7,9,11-12H,4,8,10H2. The maximum atomic E-state index is 11.9. The molecule has 0 spiro atoms. The van der Waals surface area contributed by atoms with Crippen LogP contribution in [-0.4, -0.2) is 22.4 Å². The van der Waals surface area contributed by atoms with Crippen molar-refractivity contribution in [1.29, 1.82) is 0 Å². The predicted molar refractivity (Wildman–Crippen MR) is 92.4 cm³/mol. The van der Waals surface area contributed by atoms with Gasteiger partial charge < -0.3 is 4.90 Å². The van der Waals surface area contributed by atoms with Crippen LogP contribution in [0.1, 0.15) is 12.8 Å². The van der Waals surface area contributed by atoms with Gasteiger partial charge in [-0.15, -0.1) is 11.3 Å².